The molecule has 1 amide bonds. The minimum atomic E-state index is -0.243. The van der Waals surface area contributed by atoms with E-state index in [2.05, 4.69) is 10.3 Å². The van der Waals surface area contributed by atoms with E-state index in [1.54, 1.807) is 17.4 Å². The number of hydrogen-bond donors (Lipinski definition) is 1. The Bertz CT molecular complexity index is 1060. The van der Waals surface area contributed by atoms with Crippen LogP contribution in [0.15, 0.2) is 47.8 Å². The van der Waals surface area contributed by atoms with Crippen molar-refractivity contribution in [1.82, 2.24) is 10.3 Å². The van der Waals surface area contributed by atoms with Gasteiger partial charge >= 0.3 is 0 Å². The number of nitrogens with one attached hydrogen (secondary N) is 1. The van der Waals surface area contributed by atoms with Crippen LogP contribution in [0.25, 0.3) is 10.6 Å². The van der Waals surface area contributed by atoms with E-state index in [9.17, 15) is 9.59 Å². The molecule has 0 fully saturated rings. The number of thiazole rings is 1. The molecule has 4 rings (SSSR count). The average Bonchev–Trinajstić information content (AvgIpc) is 3.32. The summed E-state index contributed by atoms with van der Waals surface area (Å²) >= 11 is 1.55. The van der Waals surface area contributed by atoms with Crippen LogP contribution in [0.1, 0.15) is 46.4 Å². The van der Waals surface area contributed by atoms with Crippen molar-refractivity contribution < 1.29 is 14.3 Å². The van der Waals surface area contributed by atoms with Gasteiger partial charge in [-0.2, -0.15) is 0 Å². The first-order valence-corrected chi connectivity index (χ1v) is 10.5. The van der Waals surface area contributed by atoms with Crippen molar-refractivity contribution in [2.24, 2.45) is 0 Å². The third-order valence-electron chi connectivity index (χ3n) is 5.09. The van der Waals surface area contributed by atoms with Crippen LogP contribution < -0.4 is 10.1 Å². The van der Waals surface area contributed by atoms with Gasteiger partial charge in [0.05, 0.1) is 17.8 Å². The number of nitrogens with zero attached hydrogens (tertiary/aromatic N) is 1. The van der Waals surface area contributed by atoms with E-state index < -0.39 is 0 Å². The van der Waals surface area contributed by atoms with Crippen LogP contribution in [0.2, 0.25) is 0 Å². The average molecular weight is 407 g/mol. The smallest absolute Gasteiger partial charge is 0.258 e. The van der Waals surface area contributed by atoms with E-state index in [4.69, 9.17) is 4.74 Å². The Balaban J connectivity index is 1.35. The number of carbonyl (C=O) groups excluding carboxylic acids is 2. The predicted molar refractivity (Wildman–Crippen MR) is 113 cm³/mol. The summed E-state index contributed by atoms with van der Waals surface area (Å²) in [6, 6.07) is 13.7. The van der Waals surface area contributed by atoms with Crippen molar-refractivity contribution in [3.63, 3.8) is 0 Å². The van der Waals surface area contributed by atoms with Gasteiger partial charge in [0.15, 0.2) is 12.4 Å². The SMILES string of the molecule is Cc1ccc(OCC(=O)NCc2csc(-c3ccccc3)n2)c2c1C(C)CC2=O. The first-order valence-electron chi connectivity index (χ1n) is 9.59. The molecule has 1 heterocycles. The third-order valence-corrected chi connectivity index (χ3v) is 6.03. The molecule has 29 heavy (non-hydrogen) atoms. The van der Waals surface area contributed by atoms with Crippen molar-refractivity contribution in [2.45, 2.75) is 32.7 Å². The molecule has 6 heteroatoms. The molecule has 3 aromatic rings. The van der Waals surface area contributed by atoms with E-state index in [0.717, 1.165) is 27.4 Å². The molecule has 1 atom stereocenters. The van der Waals surface area contributed by atoms with Gasteiger partial charge in [-0.1, -0.05) is 43.3 Å². The number of carbonyl (C=O) groups is 2. The number of aromatic nitrogens is 1. The highest BCUT2D eigenvalue weighted by Gasteiger charge is 2.31. The molecule has 148 valence electrons. The highest BCUT2D eigenvalue weighted by Crippen LogP contribution is 2.40. The van der Waals surface area contributed by atoms with Gasteiger partial charge in [-0.25, -0.2) is 4.98 Å². The molecule has 1 unspecified atom stereocenters. The molecule has 0 saturated carbocycles. The Morgan fingerprint density at radius 2 is 2.03 bits per heavy atom. The van der Waals surface area contributed by atoms with E-state index in [1.807, 2.05) is 55.6 Å². The van der Waals surface area contributed by atoms with Gasteiger partial charge in [-0.3, -0.25) is 9.59 Å². The summed E-state index contributed by atoms with van der Waals surface area (Å²) in [6.07, 6.45) is 0.496. The van der Waals surface area contributed by atoms with Crippen molar-refractivity contribution >= 4 is 23.0 Å². The van der Waals surface area contributed by atoms with Crippen LogP contribution in [-0.2, 0) is 11.3 Å². The monoisotopic (exact) mass is 406 g/mol. The fourth-order valence-corrected chi connectivity index (χ4v) is 4.54. The predicted octanol–water partition coefficient (Wildman–Crippen LogP) is 4.50. The van der Waals surface area contributed by atoms with Gasteiger partial charge in [0.2, 0.25) is 0 Å². The van der Waals surface area contributed by atoms with Gasteiger partial charge < -0.3 is 10.1 Å². The van der Waals surface area contributed by atoms with Crippen molar-refractivity contribution in [2.75, 3.05) is 6.61 Å². The summed E-state index contributed by atoms with van der Waals surface area (Å²) in [7, 11) is 0. The standard InChI is InChI=1S/C23H22N2O3S/c1-14-8-9-19(22-18(26)10-15(2)21(14)22)28-12-20(27)24-11-17-13-29-23(25-17)16-6-4-3-5-7-16/h3-9,13,15H,10-12H2,1-2H3,(H,24,27). The van der Waals surface area contributed by atoms with Gasteiger partial charge in [0.25, 0.3) is 5.91 Å². The number of amides is 1. The normalized spacial score (nSPS) is 15.2. The summed E-state index contributed by atoms with van der Waals surface area (Å²) < 4.78 is 5.70. The molecule has 0 radical (unpaired) electrons. The third kappa shape index (κ3) is 4.07. The number of aryl methyl sites for hydroxylation is 1. The van der Waals surface area contributed by atoms with Crippen LogP contribution in [0.4, 0.5) is 0 Å². The zero-order valence-corrected chi connectivity index (χ0v) is 17.2. The Morgan fingerprint density at radius 1 is 1.24 bits per heavy atom. The largest absolute Gasteiger partial charge is 0.483 e. The Labute approximate surface area is 173 Å². The number of ether oxygens (including phenoxy) is 1. The summed E-state index contributed by atoms with van der Waals surface area (Å²) in [5, 5.41) is 5.69. The molecule has 1 N–H and O–H groups in total. The van der Waals surface area contributed by atoms with Gasteiger partial charge in [-0.15, -0.1) is 11.3 Å². The summed E-state index contributed by atoms with van der Waals surface area (Å²) in [5.74, 6) is 0.531. The second-order valence-corrected chi connectivity index (χ2v) is 8.13. The zero-order valence-electron chi connectivity index (χ0n) is 16.4. The number of fused-ring (bicyclic) bond motifs is 1. The first kappa shape index (κ1) is 19.3. The molecule has 0 bridgehead atoms. The molecule has 1 aliphatic rings. The molecule has 0 spiro atoms. The molecule has 5 nitrogen and oxygen atoms in total. The van der Waals surface area contributed by atoms with Gasteiger partial charge in [-0.05, 0) is 30.0 Å². The van der Waals surface area contributed by atoms with Crippen molar-refractivity contribution in [1.29, 1.82) is 0 Å². The topological polar surface area (TPSA) is 68.3 Å². The van der Waals surface area contributed by atoms with Crippen molar-refractivity contribution in [3.05, 3.63) is 70.2 Å². The number of ketones is 1. The second-order valence-electron chi connectivity index (χ2n) is 7.27. The zero-order chi connectivity index (χ0) is 20.4. The first-order chi connectivity index (χ1) is 14.0. The molecular weight excluding hydrogens is 384 g/mol. The number of hydrogen-bond acceptors (Lipinski definition) is 5. The van der Waals surface area contributed by atoms with Crippen LogP contribution >= 0.6 is 11.3 Å². The quantitative estimate of drug-likeness (QED) is 0.654. The lowest BCUT2D eigenvalue weighted by atomic mass is 9.97. The van der Waals surface area contributed by atoms with E-state index in [-0.39, 0.29) is 24.2 Å². The Kier molecular flexibility index (Phi) is 5.45. The fourth-order valence-electron chi connectivity index (χ4n) is 3.71. The molecule has 1 aliphatic carbocycles. The lowest BCUT2D eigenvalue weighted by Crippen LogP contribution is -2.28. The summed E-state index contributed by atoms with van der Waals surface area (Å²) in [5.41, 5.74) is 4.64. The Morgan fingerprint density at radius 3 is 2.83 bits per heavy atom. The Hall–Kier alpha value is -2.99. The van der Waals surface area contributed by atoms with Crippen LogP contribution in [0.3, 0.4) is 0 Å². The van der Waals surface area contributed by atoms with Crippen LogP contribution in [0, 0.1) is 6.92 Å². The lowest BCUT2D eigenvalue weighted by molar-refractivity contribution is -0.123. The molecular formula is C23H22N2O3S. The summed E-state index contributed by atoms with van der Waals surface area (Å²) in [4.78, 5) is 29.1. The second kappa shape index (κ2) is 8.17. The maximum atomic E-state index is 12.3. The van der Waals surface area contributed by atoms with Gasteiger partial charge in [0.1, 0.15) is 10.8 Å². The van der Waals surface area contributed by atoms with Crippen molar-refractivity contribution in [3.8, 4) is 16.3 Å². The molecule has 0 aliphatic heterocycles. The van der Waals surface area contributed by atoms with Crippen LogP contribution in [0.5, 0.6) is 5.75 Å². The molecule has 2 aromatic carbocycles. The van der Waals surface area contributed by atoms with Crippen LogP contribution in [-0.4, -0.2) is 23.3 Å². The van der Waals surface area contributed by atoms with E-state index in [1.165, 1.54) is 0 Å². The van der Waals surface area contributed by atoms with Gasteiger partial charge in [0, 0.05) is 17.4 Å². The fraction of sp³-hybridized carbons (Fsp3) is 0.261. The van der Waals surface area contributed by atoms with E-state index >= 15 is 0 Å². The highest BCUT2D eigenvalue weighted by atomic mass is 32.1. The minimum absolute atomic E-state index is 0.0857. The number of Topliss-reactive ketones (excluding diaryl/α,β-unsaturated/α-hetero) is 1. The van der Waals surface area contributed by atoms with E-state index in [0.29, 0.717) is 24.3 Å². The summed E-state index contributed by atoms with van der Waals surface area (Å²) in [6.45, 7) is 4.26. The number of benzene rings is 2. The molecule has 1 aromatic heterocycles. The highest BCUT2D eigenvalue weighted by molar-refractivity contribution is 7.13. The minimum Gasteiger partial charge on any atom is -0.483 e. The lowest BCUT2D eigenvalue weighted by Gasteiger charge is -2.13. The maximum absolute atomic E-state index is 12.3. The maximum Gasteiger partial charge on any atom is 0.258 e. The molecule has 0 saturated heterocycles. The number of rotatable bonds is 6.